The molecule has 23 heavy (non-hydrogen) atoms. The molecule has 1 heterocycles. The van der Waals surface area contributed by atoms with Gasteiger partial charge in [0.1, 0.15) is 5.41 Å². The lowest BCUT2D eigenvalue weighted by Gasteiger charge is -2.40. The molecule has 0 spiro atoms. The number of aliphatic carboxylic acids is 1. The van der Waals surface area contributed by atoms with Crippen LogP contribution in [0.25, 0.3) is 5.57 Å². The maximum atomic E-state index is 12.1. The van der Waals surface area contributed by atoms with Crippen LogP contribution < -0.4 is 0 Å². The van der Waals surface area contributed by atoms with E-state index in [1.54, 1.807) is 6.92 Å². The molecule has 0 saturated heterocycles. The first-order valence-electron chi connectivity index (χ1n) is 7.65. The van der Waals surface area contributed by atoms with Gasteiger partial charge in [0.15, 0.2) is 5.82 Å². The van der Waals surface area contributed by atoms with E-state index in [1.165, 1.54) is 0 Å². The predicted molar refractivity (Wildman–Crippen MR) is 85.8 cm³/mol. The van der Waals surface area contributed by atoms with E-state index in [-0.39, 0.29) is 11.2 Å². The van der Waals surface area contributed by atoms with E-state index in [2.05, 4.69) is 36.1 Å². The molecule has 0 saturated carbocycles. The molecule has 0 amide bonds. The number of allylic oxidation sites excluding steroid dienone is 2. The summed E-state index contributed by atoms with van der Waals surface area (Å²) >= 11 is 0. The van der Waals surface area contributed by atoms with Crippen molar-refractivity contribution in [2.45, 2.75) is 39.0 Å². The van der Waals surface area contributed by atoms with Gasteiger partial charge in [0.25, 0.3) is 0 Å². The zero-order chi connectivity index (χ0) is 16.7. The number of hydrogen-bond acceptors (Lipinski definition) is 4. The maximum Gasteiger partial charge on any atom is 0.317 e. The molecule has 1 unspecified atom stereocenters. The molecule has 2 aromatic rings. The zero-order valence-electron chi connectivity index (χ0n) is 13.5. The van der Waals surface area contributed by atoms with Gasteiger partial charge in [-0.25, -0.2) is 0 Å². The van der Waals surface area contributed by atoms with E-state index in [4.69, 9.17) is 4.52 Å². The molecule has 1 aliphatic rings. The summed E-state index contributed by atoms with van der Waals surface area (Å²) in [6, 6.07) is 10.1. The summed E-state index contributed by atoms with van der Waals surface area (Å²) in [5, 5.41) is 13.8. The fraction of sp³-hybridized carbons (Fsp3) is 0.389. The van der Waals surface area contributed by atoms with Gasteiger partial charge in [-0.05, 0) is 29.4 Å². The number of aryl methyl sites for hydroxylation is 1. The van der Waals surface area contributed by atoms with E-state index in [1.807, 2.05) is 24.3 Å². The van der Waals surface area contributed by atoms with Crippen LogP contribution in [0.5, 0.6) is 0 Å². The second-order valence-corrected chi connectivity index (χ2v) is 6.77. The van der Waals surface area contributed by atoms with Gasteiger partial charge in [-0.1, -0.05) is 55.4 Å². The van der Waals surface area contributed by atoms with Crippen molar-refractivity contribution in [3.63, 3.8) is 0 Å². The number of carboxylic acid groups (broad SMARTS) is 1. The van der Waals surface area contributed by atoms with Gasteiger partial charge in [0.2, 0.25) is 5.89 Å². The molecule has 0 radical (unpaired) electrons. The third-order valence-electron chi connectivity index (χ3n) is 4.58. The van der Waals surface area contributed by atoms with Crippen LogP contribution in [-0.4, -0.2) is 21.2 Å². The first-order valence-corrected chi connectivity index (χ1v) is 7.65. The topological polar surface area (TPSA) is 76.2 Å². The van der Waals surface area contributed by atoms with E-state index in [0.29, 0.717) is 18.7 Å². The van der Waals surface area contributed by atoms with Crippen LogP contribution in [0.15, 0.2) is 40.9 Å². The predicted octanol–water partition coefficient (Wildman–Crippen LogP) is 3.60. The average Bonchev–Trinajstić information content (AvgIpc) is 2.94. The highest BCUT2D eigenvalue weighted by molar-refractivity contribution is 5.84. The third kappa shape index (κ3) is 2.56. The summed E-state index contributed by atoms with van der Waals surface area (Å²) in [5.41, 5.74) is 0.836. The highest BCUT2D eigenvalue weighted by Crippen LogP contribution is 2.50. The molecule has 5 heteroatoms. The molecule has 0 bridgehead atoms. The Morgan fingerprint density at radius 1 is 1.26 bits per heavy atom. The minimum Gasteiger partial charge on any atom is -0.480 e. The van der Waals surface area contributed by atoms with Crippen molar-refractivity contribution in [2.24, 2.45) is 5.41 Å². The summed E-state index contributed by atoms with van der Waals surface area (Å²) < 4.78 is 5.03. The number of rotatable bonds is 3. The summed E-state index contributed by atoms with van der Waals surface area (Å²) in [5.74, 6) is -0.259. The van der Waals surface area contributed by atoms with Crippen LogP contribution in [0, 0.1) is 12.3 Å². The highest BCUT2D eigenvalue weighted by Gasteiger charge is 2.51. The first kappa shape index (κ1) is 15.5. The largest absolute Gasteiger partial charge is 0.480 e. The van der Waals surface area contributed by atoms with Gasteiger partial charge >= 0.3 is 5.97 Å². The van der Waals surface area contributed by atoms with Gasteiger partial charge in [-0.2, -0.15) is 4.98 Å². The Labute approximate surface area is 135 Å². The van der Waals surface area contributed by atoms with E-state index < -0.39 is 11.4 Å². The Morgan fingerprint density at radius 3 is 2.48 bits per heavy atom. The maximum absolute atomic E-state index is 12.1. The molecule has 1 aliphatic carbocycles. The Hall–Kier alpha value is -2.43. The number of hydrogen-bond donors (Lipinski definition) is 1. The van der Waals surface area contributed by atoms with Crippen molar-refractivity contribution in [2.75, 3.05) is 0 Å². The number of aromatic nitrogens is 2. The van der Waals surface area contributed by atoms with Crippen molar-refractivity contribution in [1.82, 2.24) is 10.1 Å². The third-order valence-corrected chi connectivity index (χ3v) is 4.58. The zero-order valence-corrected chi connectivity index (χ0v) is 13.5. The smallest absolute Gasteiger partial charge is 0.317 e. The SMILES string of the molecule is Cc1nc(C2(C(=O)O)CC=C(c3ccccc3)C(C)(C)C2)no1. The Morgan fingerprint density at radius 2 is 1.96 bits per heavy atom. The van der Waals surface area contributed by atoms with Gasteiger partial charge in [-0.3, -0.25) is 4.79 Å². The molecule has 1 N–H and O–H groups in total. The Bertz CT molecular complexity index is 762. The van der Waals surface area contributed by atoms with Gasteiger partial charge in [0.05, 0.1) is 0 Å². The number of carbonyl (C=O) groups is 1. The van der Waals surface area contributed by atoms with Gasteiger partial charge in [0, 0.05) is 6.92 Å². The van der Waals surface area contributed by atoms with E-state index in [0.717, 1.165) is 11.1 Å². The van der Waals surface area contributed by atoms with Crippen molar-refractivity contribution in [3.8, 4) is 0 Å². The monoisotopic (exact) mass is 312 g/mol. The van der Waals surface area contributed by atoms with Crippen LogP contribution in [-0.2, 0) is 10.2 Å². The molecule has 120 valence electrons. The fourth-order valence-corrected chi connectivity index (χ4v) is 3.52. The van der Waals surface area contributed by atoms with E-state index >= 15 is 0 Å². The average molecular weight is 312 g/mol. The van der Waals surface area contributed by atoms with Crippen molar-refractivity contribution < 1.29 is 14.4 Å². The normalized spacial score (nSPS) is 23.3. The lowest BCUT2D eigenvalue weighted by molar-refractivity contribution is -0.145. The van der Waals surface area contributed by atoms with Crippen molar-refractivity contribution in [1.29, 1.82) is 0 Å². The second-order valence-electron chi connectivity index (χ2n) is 6.77. The summed E-state index contributed by atoms with van der Waals surface area (Å²) in [4.78, 5) is 16.3. The molecule has 1 aromatic carbocycles. The van der Waals surface area contributed by atoms with Crippen LogP contribution in [0.2, 0.25) is 0 Å². The highest BCUT2D eigenvalue weighted by atomic mass is 16.5. The number of nitrogens with zero attached hydrogens (tertiary/aromatic N) is 2. The summed E-state index contributed by atoms with van der Waals surface area (Å²) in [6.07, 6.45) is 2.79. The first-order chi connectivity index (χ1) is 10.8. The molecular weight excluding hydrogens is 292 g/mol. The fourth-order valence-electron chi connectivity index (χ4n) is 3.52. The van der Waals surface area contributed by atoms with Crippen LogP contribution >= 0.6 is 0 Å². The molecular formula is C18H20N2O3. The van der Waals surface area contributed by atoms with Gasteiger partial charge in [-0.15, -0.1) is 0 Å². The number of carboxylic acids is 1. The summed E-state index contributed by atoms with van der Waals surface area (Å²) in [7, 11) is 0. The second kappa shape index (κ2) is 5.33. The van der Waals surface area contributed by atoms with Gasteiger partial charge < -0.3 is 9.63 Å². The summed E-state index contributed by atoms with van der Waals surface area (Å²) in [6.45, 7) is 5.80. The molecule has 0 fully saturated rings. The van der Waals surface area contributed by atoms with E-state index in [9.17, 15) is 9.90 Å². The molecule has 1 atom stereocenters. The standard InChI is InChI=1S/C18H20N2O3/c1-12-19-15(20-23-12)18(16(21)22)10-9-14(17(2,3)11-18)13-7-5-4-6-8-13/h4-9H,10-11H2,1-3H3,(H,21,22). The lowest BCUT2D eigenvalue weighted by atomic mass is 9.62. The lowest BCUT2D eigenvalue weighted by Crippen LogP contribution is -2.43. The quantitative estimate of drug-likeness (QED) is 0.937. The number of benzene rings is 1. The molecule has 5 nitrogen and oxygen atoms in total. The van der Waals surface area contributed by atoms with Crippen LogP contribution in [0.3, 0.4) is 0 Å². The van der Waals surface area contributed by atoms with Crippen LogP contribution in [0.1, 0.15) is 44.0 Å². The Kier molecular flexibility index (Phi) is 3.59. The van der Waals surface area contributed by atoms with Crippen LogP contribution in [0.4, 0.5) is 0 Å². The Balaban J connectivity index is 2.08. The molecule has 1 aromatic heterocycles. The molecule has 0 aliphatic heterocycles. The van der Waals surface area contributed by atoms with Crippen molar-refractivity contribution >= 4 is 11.5 Å². The van der Waals surface area contributed by atoms with Crippen molar-refractivity contribution in [3.05, 3.63) is 53.7 Å². The molecule has 3 rings (SSSR count). The minimum absolute atomic E-state index is 0.263. The minimum atomic E-state index is -1.14.